The Kier molecular flexibility index (Phi) is 10.3. The second kappa shape index (κ2) is 12.9. The first kappa shape index (κ1) is 28.6. The molecule has 5 N–H and O–H groups in total. The summed E-state index contributed by atoms with van der Waals surface area (Å²) >= 11 is 0. The third-order valence-corrected chi connectivity index (χ3v) is 6.04. The molecule has 10 heteroatoms. The van der Waals surface area contributed by atoms with Gasteiger partial charge in [-0.05, 0) is 68.7 Å². The van der Waals surface area contributed by atoms with Crippen LogP contribution in [0.25, 0.3) is 0 Å². The fourth-order valence-electron chi connectivity index (χ4n) is 4.39. The number of amidine groups is 1. The molecule has 0 heterocycles. The fraction of sp³-hybridized carbons (Fsp3) is 0.385. The maximum atomic E-state index is 13.0. The van der Waals surface area contributed by atoms with Crippen LogP contribution in [0, 0.1) is 12.3 Å². The summed E-state index contributed by atoms with van der Waals surface area (Å²) in [6.07, 6.45) is 3.38. The highest BCUT2D eigenvalue weighted by molar-refractivity contribution is 6.04. The number of esters is 1. The highest BCUT2D eigenvalue weighted by Gasteiger charge is 2.30. The lowest BCUT2D eigenvalue weighted by atomic mass is 10.1. The first-order valence-electron chi connectivity index (χ1n) is 11.7. The number of phenolic OH excluding ortho intramolecular Hbond substituents is 1. The van der Waals surface area contributed by atoms with E-state index in [1.807, 2.05) is 6.92 Å². The van der Waals surface area contributed by atoms with E-state index in [0.29, 0.717) is 22.5 Å². The molecule has 2 aromatic carbocycles. The van der Waals surface area contributed by atoms with Crippen molar-refractivity contribution in [2.45, 2.75) is 58.4 Å². The van der Waals surface area contributed by atoms with Crippen molar-refractivity contribution in [1.29, 1.82) is 5.41 Å². The summed E-state index contributed by atoms with van der Waals surface area (Å²) in [7, 11) is 0. The summed E-state index contributed by atoms with van der Waals surface area (Å²) in [6, 6.07) is 9.72. The average molecular weight is 517 g/mol. The lowest BCUT2D eigenvalue weighted by molar-refractivity contribution is -0.145. The molecule has 2 aromatic rings. The van der Waals surface area contributed by atoms with E-state index in [1.54, 1.807) is 30.0 Å². The summed E-state index contributed by atoms with van der Waals surface area (Å²) in [5, 5.41) is 20.4. The fourth-order valence-corrected chi connectivity index (χ4v) is 4.39. The smallest absolute Gasteiger partial charge is 0.315 e. The van der Waals surface area contributed by atoms with Gasteiger partial charge in [-0.2, -0.15) is 0 Å². The van der Waals surface area contributed by atoms with Gasteiger partial charge in [0.25, 0.3) is 0 Å². The van der Waals surface area contributed by atoms with Gasteiger partial charge in [0.2, 0.25) is 11.8 Å². The number of anilines is 2. The number of nitrogen functional groups attached to an aromatic ring is 1. The molecule has 9 nitrogen and oxygen atoms in total. The van der Waals surface area contributed by atoms with Gasteiger partial charge in [-0.1, -0.05) is 12.8 Å². The van der Waals surface area contributed by atoms with Gasteiger partial charge in [-0.15, -0.1) is 12.4 Å². The molecule has 0 aliphatic heterocycles. The molecule has 36 heavy (non-hydrogen) atoms. The Morgan fingerprint density at radius 3 is 2.47 bits per heavy atom. The predicted molar refractivity (Wildman–Crippen MR) is 141 cm³/mol. The van der Waals surface area contributed by atoms with Gasteiger partial charge < -0.3 is 25.8 Å². The molecule has 0 bridgehead atoms. The number of hydrogen-bond acceptors (Lipinski definition) is 6. The zero-order valence-electron chi connectivity index (χ0n) is 20.5. The number of amides is 2. The lowest BCUT2D eigenvalue weighted by Gasteiger charge is -2.30. The number of nitrogens with zero attached hydrogens (tertiary/aromatic N) is 1. The molecule has 3 rings (SSSR count). The van der Waals surface area contributed by atoms with E-state index in [4.69, 9.17) is 15.9 Å². The van der Waals surface area contributed by atoms with E-state index in [1.165, 1.54) is 18.2 Å². The van der Waals surface area contributed by atoms with Crippen molar-refractivity contribution in [3.8, 4) is 5.75 Å². The number of aryl methyl sites for hydroxylation is 1. The van der Waals surface area contributed by atoms with E-state index in [9.17, 15) is 19.5 Å². The van der Waals surface area contributed by atoms with Gasteiger partial charge in [0.1, 0.15) is 18.0 Å². The summed E-state index contributed by atoms with van der Waals surface area (Å²) in [5.74, 6) is -1.39. The minimum Gasteiger partial charge on any atom is -0.508 e. The van der Waals surface area contributed by atoms with Gasteiger partial charge in [-0.3, -0.25) is 19.8 Å². The van der Waals surface area contributed by atoms with Crippen LogP contribution >= 0.6 is 12.4 Å². The zero-order valence-corrected chi connectivity index (χ0v) is 21.3. The number of ether oxygens (including phenoxy) is 1. The van der Waals surface area contributed by atoms with Crippen molar-refractivity contribution in [2.24, 2.45) is 5.73 Å². The molecule has 0 radical (unpaired) electrons. The molecule has 0 saturated heterocycles. The second-order valence-electron chi connectivity index (χ2n) is 8.67. The maximum absolute atomic E-state index is 13.0. The van der Waals surface area contributed by atoms with Crippen LogP contribution in [0.15, 0.2) is 36.4 Å². The number of nitrogens with two attached hydrogens (primary N) is 1. The Morgan fingerprint density at radius 1 is 1.17 bits per heavy atom. The van der Waals surface area contributed by atoms with Crippen LogP contribution < -0.4 is 16.0 Å². The van der Waals surface area contributed by atoms with Crippen LogP contribution in [0.2, 0.25) is 0 Å². The second-order valence-corrected chi connectivity index (χ2v) is 8.67. The molecule has 1 saturated carbocycles. The van der Waals surface area contributed by atoms with E-state index in [2.05, 4.69) is 5.32 Å². The SMILES string of the molecule is CCOC(=O)CC(=O)N(c1ccc(NC(=O)Cc2cc(C(=N)N)ccc2O)cc1C)C1CCCC1.Cl. The van der Waals surface area contributed by atoms with Crippen molar-refractivity contribution < 1.29 is 24.2 Å². The van der Waals surface area contributed by atoms with E-state index in [-0.39, 0.29) is 61.3 Å². The van der Waals surface area contributed by atoms with Crippen LogP contribution in [0.1, 0.15) is 55.7 Å². The highest BCUT2D eigenvalue weighted by atomic mass is 35.5. The molecule has 1 aliphatic carbocycles. The number of hydrogen-bond donors (Lipinski definition) is 4. The van der Waals surface area contributed by atoms with Gasteiger partial charge in [-0.25, -0.2) is 0 Å². The van der Waals surface area contributed by atoms with E-state index >= 15 is 0 Å². The highest BCUT2D eigenvalue weighted by Crippen LogP contribution is 2.32. The molecule has 0 atom stereocenters. The molecule has 2 amide bonds. The van der Waals surface area contributed by atoms with Crippen molar-refractivity contribution in [1.82, 2.24) is 0 Å². The Morgan fingerprint density at radius 2 is 1.86 bits per heavy atom. The zero-order chi connectivity index (χ0) is 25.5. The number of rotatable bonds is 9. The van der Waals surface area contributed by atoms with Gasteiger partial charge >= 0.3 is 5.97 Å². The number of nitrogens with one attached hydrogen (secondary N) is 2. The predicted octanol–water partition coefficient (Wildman–Crippen LogP) is 3.82. The molecular weight excluding hydrogens is 484 g/mol. The number of benzene rings is 2. The topological polar surface area (TPSA) is 146 Å². The number of phenols is 1. The number of carbonyl (C=O) groups excluding carboxylic acids is 3. The standard InChI is InChI=1S/C26H32N4O5.ClH/c1-3-35-25(34)15-24(33)30(20-6-4-5-7-20)21-10-9-19(12-16(21)2)29-23(32)14-18-13-17(26(27)28)8-11-22(18)31;/h8-13,20,31H,3-7,14-15H2,1-2H3,(H3,27,28)(H,29,32);1H. The van der Waals surface area contributed by atoms with Crippen molar-refractivity contribution in [3.05, 3.63) is 53.1 Å². The Balaban J connectivity index is 0.00000456. The normalized spacial score (nSPS) is 12.9. The maximum Gasteiger partial charge on any atom is 0.315 e. The van der Waals surface area contributed by atoms with Crippen LogP contribution in [0.5, 0.6) is 5.75 Å². The minimum atomic E-state index is -0.542. The van der Waals surface area contributed by atoms with Crippen LogP contribution in [-0.4, -0.2) is 41.4 Å². The van der Waals surface area contributed by atoms with E-state index < -0.39 is 5.97 Å². The summed E-state index contributed by atoms with van der Waals surface area (Å²) < 4.78 is 4.96. The molecule has 0 unspecified atom stereocenters. The Bertz CT molecular complexity index is 1130. The van der Waals surface area contributed by atoms with E-state index in [0.717, 1.165) is 31.2 Å². The summed E-state index contributed by atoms with van der Waals surface area (Å²) in [5.41, 5.74) is 8.32. The van der Waals surface area contributed by atoms with Gasteiger partial charge in [0, 0.05) is 28.5 Å². The van der Waals surface area contributed by atoms with Crippen LogP contribution in [-0.2, 0) is 25.5 Å². The third kappa shape index (κ3) is 7.21. The van der Waals surface area contributed by atoms with Gasteiger partial charge in [0.05, 0.1) is 13.0 Å². The lowest BCUT2D eigenvalue weighted by Crippen LogP contribution is -2.40. The monoisotopic (exact) mass is 516 g/mol. The quantitative estimate of drug-likeness (QED) is 0.172. The molecule has 0 spiro atoms. The molecule has 1 fully saturated rings. The molecule has 194 valence electrons. The number of carbonyl (C=O) groups is 3. The van der Waals surface area contributed by atoms with Crippen LogP contribution in [0.4, 0.5) is 11.4 Å². The minimum absolute atomic E-state index is 0. The first-order chi connectivity index (χ1) is 16.7. The van der Waals surface area contributed by atoms with Gasteiger partial charge in [0.15, 0.2) is 0 Å². The molecule has 1 aliphatic rings. The van der Waals surface area contributed by atoms with Crippen molar-refractivity contribution in [3.63, 3.8) is 0 Å². The molecule has 0 aromatic heterocycles. The number of halogens is 1. The largest absolute Gasteiger partial charge is 0.508 e. The molecular formula is C26H33ClN4O5. The summed E-state index contributed by atoms with van der Waals surface area (Å²) in [4.78, 5) is 39.3. The third-order valence-electron chi connectivity index (χ3n) is 6.04. The van der Waals surface area contributed by atoms with Crippen molar-refractivity contribution in [2.75, 3.05) is 16.8 Å². The Hall–Kier alpha value is -3.59. The number of aromatic hydroxyl groups is 1. The Labute approximate surface area is 216 Å². The first-order valence-corrected chi connectivity index (χ1v) is 11.7. The van der Waals surface area contributed by atoms with Crippen molar-refractivity contribution >= 4 is 47.4 Å². The van der Waals surface area contributed by atoms with Crippen LogP contribution in [0.3, 0.4) is 0 Å². The average Bonchev–Trinajstić information content (AvgIpc) is 3.31. The summed E-state index contributed by atoms with van der Waals surface area (Å²) in [6.45, 7) is 3.78.